The maximum Gasteiger partial charge on any atom is 0.242 e. The highest BCUT2D eigenvalue weighted by Crippen LogP contribution is 2.18. The lowest BCUT2D eigenvalue weighted by Gasteiger charge is -2.05. The van der Waals surface area contributed by atoms with E-state index in [-0.39, 0.29) is 0 Å². The number of benzene rings is 1. The fraction of sp³-hybridized carbons (Fsp3) is 0.200. The molecule has 2 nitrogen and oxygen atoms in total. The fourth-order valence-corrected chi connectivity index (χ4v) is 2.24. The molecule has 2 aromatic carbocycles. The molecule has 0 heterocycles. The van der Waals surface area contributed by atoms with E-state index < -0.39 is 19.7 Å². The summed E-state index contributed by atoms with van der Waals surface area (Å²) in [7, 11) is -0.739. The predicted molar refractivity (Wildman–Crippen MR) is 77.4 cm³/mol. The van der Waals surface area contributed by atoms with Crippen LogP contribution in [0.5, 0.6) is 0 Å². The third-order valence-corrected chi connectivity index (χ3v) is 3.72. The van der Waals surface area contributed by atoms with Crippen LogP contribution < -0.4 is 10.9 Å². The minimum absolute atomic E-state index is 0.390. The number of rotatable bonds is 2. The van der Waals surface area contributed by atoms with Crippen molar-refractivity contribution in [2.24, 2.45) is 0 Å². The highest BCUT2D eigenvalue weighted by molar-refractivity contribution is 6.56. The van der Waals surface area contributed by atoms with Crippen LogP contribution in [0.2, 0.25) is 19.1 Å². The molecule has 0 atom stereocenters. The summed E-state index contributed by atoms with van der Waals surface area (Å²) >= 11 is 0. The van der Waals surface area contributed by atoms with E-state index in [2.05, 4.69) is 24.9 Å². The molecule has 90 valence electrons. The summed E-state index contributed by atoms with van der Waals surface area (Å²) in [5, 5.41) is 0. The van der Waals surface area contributed by atoms with Crippen molar-refractivity contribution in [3.8, 4) is 23.0 Å². The average Bonchev–Trinajstić information content (AvgIpc) is 2.37. The Kier molecular flexibility index (Phi) is 3.59. The Hall–Kier alpha value is -1.92. The number of hydrogen-bond acceptors (Lipinski definition) is 2. The van der Waals surface area contributed by atoms with Gasteiger partial charge in [0.15, 0.2) is 0 Å². The highest BCUT2D eigenvalue weighted by atomic mass is 28.3. The van der Waals surface area contributed by atoms with Crippen molar-refractivity contribution < 1.29 is 0 Å². The molecule has 0 amide bonds. The first kappa shape index (κ1) is 12.5. The maximum absolute atomic E-state index is 11.6. The quantitative estimate of drug-likeness (QED) is 0.465. The van der Waals surface area contributed by atoms with E-state index >= 15 is 0 Å². The van der Waals surface area contributed by atoms with Crippen LogP contribution in [0.1, 0.15) is 5.56 Å². The Labute approximate surface area is 108 Å². The zero-order chi connectivity index (χ0) is 13.1. The Morgan fingerprint density at radius 2 is 1.72 bits per heavy atom. The van der Waals surface area contributed by atoms with E-state index in [0.29, 0.717) is 11.1 Å². The van der Waals surface area contributed by atoms with Crippen molar-refractivity contribution in [3.63, 3.8) is 0 Å². The molecule has 0 unspecified atom stereocenters. The van der Waals surface area contributed by atoms with Gasteiger partial charge in [0.25, 0.3) is 0 Å². The van der Waals surface area contributed by atoms with Crippen LogP contribution in [-0.4, -0.2) is 8.80 Å². The van der Waals surface area contributed by atoms with E-state index in [1.807, 2.05) is 30.3 Å². The summed E-state index contributed by atoms with van der Waals surface area (Å²) in [6.07, 6.45) is 0. The molecule has 0 aliphatic carbocycles. The molecule has 0 spiro atoms. The Morgan fingerprint density at radius 3 is 2.33 bits per heavy atom. The highest BCUT2D eigenvalue weighted by Gasteiger charge is 2.20. The fourth-order valence-electron chi connectivity index (χ4n) is 1.73. The van der Waals surface area contributed by atoms with Crippen molar-refractivity contribution >= 4 is 8.80 Å². The molecule has 2 aromatic rings. The summed E-state index contributed by atoms with van der Waals surface area (Å²) in [6.45, 7) is 4.41. The molecule has 3 heteroatoms. The molecular weight excluding hydrogens is 240 g/mol. The zero-order valence-electron chi connectivity index (χ0n) is 10.5. The van der Waals surface area contributed by atoms with E-state index in [9.17, 15) is 9.59 Å². The van der Waals surface area contributed by atoms with Crippen LogP contribution in [-0.2, 0) is 0 Å². The largest absolute Gasteiger partial charge is 0.285 e. The van der Waals surface area contributed by atoms with Gasteiger partial charge in [-0.1, -0.05) is 49.3 Å². The smallest absolute Gasteiger partial charge is 0.242 e. The molecule has 0 saturated heterocycles. The summed E-state index contributed by atoms with van der Waals surface area (Å²) in [4.78, 5) is 23.1. The Morgan fingerprint density at radius 1 is 1.06 bits per heavy atom. The van der Waals surface area contributed by atoms with Gasteiger partial charge in [0.1, 0.15) is 0 Å². The molecular formula is C15H14O2Si. The van der Waals surface area contributed by atoms with E-state index in [1.54, 1.807) is 0 Å². The summed E-state index contributed by atoms with van der Waals surface area (Å²) in [5.41, 5.74) is 0.812. The molecule has 2 rings (SSSR count). The van der Waals surface area contributed by atoms with Gasteiger partial charge in [-0.15, -0.1) is 5.92 Å². The molecule has 0 aliphatic rings. The van der Waals surface area contributed by atoms with Crippen molar-refractivity contribution in [2.75, 3.05) is 0 Å². The molecule has 0 saturated carbocycles. The Bertz CT molecular complexity index is 681. The molecule has 0 bridgehead atoms. The average molecular weight is 254 g/mol. The van der Waals surface area contributed by atoms with Crippen LogP contribution in [0, 0.1) is 11.8 Å². The van der Waals surface area contributed by atoms with Gasteiger partial charge in [-0.3, -0.25) is 9.59 Å². The van der Waals surface area contributed by atoms with Gasteiger partial charge < -0.3 is 0 Å². The minimum Gasteiger partial charge on any atom is -0.285 e. The normalized spacial score (nSPS) is 10.4. The van der Waals surface area contributed by atoms with E-state index in [0.717, 1.165) is 11.6 Å². The van der Waals surface area contributed by atoms with Crippen molar-refractivity contribution in [1.29, 1.82) is 0 Å². The molecule has 0 N–H and O–H groups in total. The zero-order valence-corrected chi connectivity index (χ0v) is 11.6. The third kappa shape index (κ3) is 2.34. The van der Waals surface area contributed by atoms with Crippen molar-refractivity contribution in [2.45, 2.75) is 19.1 Å². The summed E-state index contributed by atoms with van der Waals surface area (Å²) < 4.78 is 0. The lowest BCUT2D eigenvalue weighted by Crippen LogP contribution is -2.36. The lowest BCUT2D eigenvalue weighted by atomic mass is 9.94. The monoisotopic (exact) mass is 254 g/mol. The van der Waals surface area contributed by atoms with Crippen molar-refractivity contribution in [3.05, 3.63) is 56.3 Å². The third-order valence-electron chi connectivity index (χ3n) is 2.70. The first-order valence-corrected chi connectivity index (χ1v) is 9.11. The lowest BCUT2D eigenvalue weighted by molar-refractivity contribution is 1.37. The first-order chi connectivity index (χ1) is 8.61. The second kappa shape index (κ2) is 5.15. The van der Waals surface area contributed by atoms with Gasteiger partial charge in [-0.25, -0.2) is 0 Å². The SMILES string of the molecule is C[SiH](C)CC#Cc1c(-c2ccccc2)c(=O)c1=O. The molecule has 0 radical (unpaired) electrons. The predicted octanol–water partition coefficient (Wildman–Crippen LogP) is 1.79. The molecule has 0 fully saturated rings. The molecule has 0 aliphatic heterocycles. The second-order valence-corrected chi connectivity index (χ2v) is 7.87. The van der Waals surface area contributed by atoms with Crippen LogP contribution in [0.15, 0.2) is 39.9 Å². The van der Waals surface area contributed by atoms with Crippen LogP contribution in [0.4, 0.5) is 0 Å². The topological polar surface area (TPSA) is 34.1 Å². The molecule has 18 heavy (non-hydrogen) atoms. The Balaban J connectivity index is 2.39. The van der Waals surface area contributed by atoms with Gasteiger partial charge >= 0.3 is 0 Å². The number of hydrogen-bond donors (Lipinski definition) is 0. The van der Waals surface area contributed by atoms with Gasteiger partial charge in [0.2, 0.25) is 10.9 Å². The first-order valence-electron chi connectivity index (χ1n) is 5.99. The van der Waals surface area contributed by atoms with Gasteiger partial charge in [0, 0.05) is 14.8 Å². The van der Waals surface area contributed by atoms with E-state index in [4.69, 9.17) is 0 Å². The standard InChI is InChI=1S/C15H14O2Si/c1-18(2)10-6-9-12-13(15(17)14(12)16)11-7-4-3-5-8-11/h3-5,7-8,18H,10H2,1-2H3. The van der Waals surface area contributed by atoms with Gasteiger partial charge in [0.05, 0.1) is 11.1 Å². The second-order valence-electron chi connectivity index (χ2n) is 4.67. The minimum atomic E-state index is -0.739. The summed E-state index contributed by atoms with van der Waals surface area (Å²) in [5.74, 6) is 5.89. The van der Waals surface area contributed by atoms with Crippen molar-refractivity contribution in [1.82, 2.24) is 0 Å². The summed E-state index contributed by atoms with van der Waals surface area (Å²) in [6, 6.07) is 10.1. The van der Waals surface area contributed by atoms with Crippen LogP contribution in [0.3, 0.4) is 0 Å². The van der Waals surface area contributed by atoms with Crippen LogP contribution >= 0.6 is 0 Å². The van der Waals surface area contributed by atoms with Crippen LogP contribution in [0.25, 0.3) is 11.1 Å². The van der Waals surface area contributed by atoms with Gasteiger partial charge in [-0.05, 0) is 5.56 Å². The van der Waals surface area contributed by atoms with E-state index in [1.165, 1.54) is 0 Å². The molecule has 0 aromatic heterocycles. The maximum atomic E-state index is 11.6. The van der Waals surface area contributed by atoms with Gasteiger partial charge in [-0.2, -0.15) is 0 Å².